The number of nitrogens with zero attached hydrogens (tertiary/aromatic N) is 3. The van der Waals surface area contributed by atoms with E-state index in [2.05, 4.69) is 9.97 Å². The van der Waals surface area contributed by atoms with E-state index >= 15 is 0 Å². The SMILES string of the molecule is CN1CCN(C)C1=O.c1c[nH]cn1. The zero-order valence-electron chi connectivity index (χ0n) is 7.90. The number of imidazole rings is 1. The lowest BCUT2D eigenvalue weighted by molar-refractivity contribution is 0.205. The van der Waals surface area contributed by atoms with Crippen molar-refractivity contribution in [1.82, 2.24) is 19.8 Å². The van der Waals surface area contributed by atoms with Gasteiger partial charge in [-0.3, -0.25) is 0 Å². The molecule has 2 amide bonds. The maximum atomic E-state index is 10.8. The van der Waals surface area contributed by atoms with Crippen LogP contribution in [0, 0.1) is 0 Å². The number of aromatic amines is 1. The fraction of sp³-hybridized carbons (Fsp3) is 0.500. The van der Waals surface area contributed by atoms with Gasteiger partial charge in [-0.15, -0.1) is 0 Å². The number of hydrogen-bond donors (Lipinski definition) is 1. The molecule has 0 bridgehead atoms. The Balaban J connectivity index is 0.000000145. The first-order chi connectivity index (χ1) is 6.22. The molecular formula is C8H14N4O. The van der Waals surface area contributed by atoms with Gasteiger partial charge in [0, 0.05) is 39.6 Å². The predicted octanol–water partition coefficient (Wildman–Crippen LogP) is 0.393. The Morgan fingerprint density at radius 1 is 1.38 bits per heavy atom. The van der Waals surface area contributed by atoms with Crippen LogP contribution in [0.3, 0.4) is 0 Å². The van der Waals surface area contributed by atoms with Crippen LogP contribution in [0.25, 0.3) is 0 Å². The highest BCUT2D eigenvalue weighted by molar-refractivity contribution is 5.75. The summed E-state index contributed by atoms with van der Waals surface area (Å²) in [4.78, 5) is 20.6. The van der Waals surface area contributed by atoms with E-state index in [-0.39, 0.29) is 6.03 Å². The molecule has 1 saturated heterocycles. The largest absolute Gasteiger partial charge is 0.351 e. The standard InChI is InChI=1S/C5H10N2O.C3H4N2/c1-6-3-4-7(2)5(6)8;1-2-5-3-4-1/h3-4H2,1-2H3;1-3H,(H,4,5). The molecule has 2 rings (SSSR count). The van der Waals surface area contributed by atoms with E-state index in [0.29, 0.717) is 0 Å². The normalized spacial score (nSPS) is 15.7. The summed E-state index contributed by atoms with van der Waals surface area (Å²) in [7, 11) is 3.62. The van der Waals surface area contributed by atoms with Gasteiger partial charge in [-0.1, -0.05) is 0 Å². The summed E-state index contributed by atoms with van der Waals surface area (Å²) < 4.78 is 0. The predicted molar refractivity (Wildman–Crippen MR) is 49.2 cm³/mol. The minimum absolute atomic E-state index is 0.130. The number of H-pyrrole nitrogens is 1. The van der Waals surface area contributed by atoms with Crippen molar-refractivity contribution in [1.29, 1.82) is 0 Å². The summed E-state index contributed by atoms with van der Waals surface area (Å²) in [6.07, 6.45) is 5.08. The molecule has 0 radical (unpaired) electrons. The molecule has 0 atom stereocenters. The molecule has 1 aromatic rings. The zero-order chi connectivity index (χ0) is 9.68. The van der Waals surface area contributed by atoms with Crippen molar-refractivity contribution in [2.45, 2.75) is 0 Å². The molecule has 1 N–H and O–H groups in total. The van der Waals surface area contributed by atoms with Crippen molar-refractivity contribution in [2.24, 2.45) is 0 Å². The Bertz CT molecular complexity index is 217. The number of carbonyl (C=O) groups excluding carboxylic acids is 1. The smallest absolute Gasteiger partial charge is 0.319 e. The van der Waals surface area contributed by atoms with Gasteiger partial charge in [-0.05, 0) is 0 Å². The molecule has 0 unspecified atom stereocenters. The van der Waals surface area contributed by atoms with E-state index in [4.69, 9.17) is 0 Å². The van der Waals surface area contributed by atoms with Crippen LogP contribution in [0.2, 0.25) is 0 Å². The topological polar surface area (TPSA) is 52.2 Å². The highest BCUT2D eigenvalue weighted by atomic mass is 16.2. The van der Waals surface area contributed by atoms with Crippen LogP contribution in [0.5, 0.6) is 0 Å². The fourth-order valence-corrected chi connectivity index (χ4v) is 0.998. The van der Waals surface area contributed by atoms with Gasteiger partial charge in [0.2, 0.25) is 0 Å². The van der Waals surface area contributed by atoms with Gasteiger partial charge in [0.1, 0.15) is 0 Å². The van der Waals surface area contributed by atoms with Crippen molar-refractivity contribution in [3.05, 3.63) is 18.7 Å². The summed E-state index contributed by atoms with van der Waals surface area (Å²) in [5, 5.41) is 0. The van der Waals surface area contributed by atoms with Gasteiger partial charge >= 0.3 is 6.03 Å². The summed E-state index contributed by atoms with van der Waals surface area (Å²) in [5.74, 6) is 0. The second-order valence-electron chi connectivity index (χ2n) is 2.89. The van der Waals surface area contributed by atoms with Crippen LogP contribution >= 0.6 is 0 Å². The van der Waals surface area contributed by atoms with E-state index in [9.17, 15) is 4.79 Å². The van der Waals surface area contributed by atoms with Gasteiger partial charge < -0.3 is 14.8 Å². The van der Waals surface area contributed by atoms with Crippen LogP contribution in [0.1, 0.15) is 0 Å². The highest BCUT2D eigenvalue weighted by Crippen LogP contribution is 2.00. The molecule has 0 aliphatic carbocycles. The van der Waals surface area contributed by atoms with Crippen LogP contribution in [0.15, 0.2) is 18.7 Å². The number of carbonyl (C=O) groups is 1. The number of rotatable bonds is 0. The number of aromatic nitrogens is 2. The average molecular weight is 182 g/mol. The Kier molecular flexibility index (Phi) is 3.31. The Morgan fingerprint density at radius 3 is 2.15 bits per heavy atom. The highest BCUT2D eigenvalue weighted by Gasteiger charge is 2.20. The molecule has 1 aliphatic heterocycles. The van der Waals surface area contributed by atoms with Crippen LogP contribution in [0.4, 0.5) is 4.79 Å². The third-order valence-corrected chi connectivity index (χ3v) is 1.83. The molecule has 0 saturated carbocycles. The molecule has 5 heteroatoms. The van der Waals surface area contributed by atoms with Crippen molar-refractivity contribution in [3.63, 3.8) is 0 Å². The quantitative estimate of drug-likeness (QED) is 0.631. The van der Waals surface area contributed by atoms with Gasteiger partial charge in [-0.25, -0.2) is 9.78 Å². The fourth-order valence-electron chi connectivity index (χ4n) is 0.998. The van der Waals surface area contributed by atoms with E-state index < -0.39 is 0 Å². The van der Waals surface area contributed by atoms with Crippen LogP contribution in [-0.4, -0.2) is 53.0 Å². The number of urea groups is 1. The molecule has 1 fully saturated rings. The molecule has 0 aromatic carbocycles. The Hall–Kier alpha value is -1.52. The van der Waals surface area contributed by atoms with Gasteiger partial charge in [0.05, 0.1) is 6.33 Å². The van der Waals surface area contributed by atoms with Gasteiger partial charge in [0.25, 0.3) is 0 Å². The molecular weight excluding hydrogens is 168 g/mol. The molecule has 1 aromatic heterocycles. The Labute approximate surface area is 77.4 Å². The molecule has 1 aliphatic rings. The Morgan fingerprint density at radius 2 is 2.00 bits per heavy atom. The van der Waals surface area contributed by atoms with Crippen molar-refractivity contribution < 1.29 is 4.79 Å². The minimum Gasteiger partial charge on any atom is -0.351 e. The molecule has 5 nitrogen and oxygen atoms in total. The third kappa shape index (κ3) is 2.77. The van der Waals surface area contributed by atoms with Crippen LogP contribution < -0.4 is 0 Å². The first-order valence-electron chi connectivity index (χ1n) is 4.11. The van der Waals surface area contributed by atoms with Crippen molar-refractivity contribution in [3.8, 4) is 0 Å². The first kappa shape index (κ1) is 9.57. The van der Waals surface area contributed by atoms with E-state index in [1.54, 1.807) is 28.5 Å². The molecule has 0 spiro atoms. The lowest BCUT2D eigenvalue weighted by atomic mass is 10.6. The van der Waals surface area contributed by atoms with E-state index in [0.717, 1.165) is 13.1 Å². The lowest BCUT2D eigenvalue weighted by Crippen LogP contribution is -2.25. The molecule has 72 valence electrons. The van der Waals surface area contributed by atoms with Crippen LogP contribution in [-0.2, 0) is 0 Å². The van der Waals surface area contributed by atoms with E-state index in [1.165, 1.54) is 0 Å². The second-order valence-corrected chi connectivity index (χ2v) is 2.89. The van der Waals surface area contributed by atoms with Crippen molar-refractivity contribution >= 4 is 6.03 Å². The number of nitrogens with one attached hydrogen (secondary N) is 1. The number of amides is 2. The summed E-state index contributed by atoms with van der Waals surface area (Å²) in [5.41, 5.74) is 0. The zero-order valence-corrected chi connectivity index (χ0v) is 7.90. The summed E-state index contributed by atoms with van der Waals surface area (Å²) in [6, 6.07) is 0.130. The van der Waals surface area contributed by atoms with Crippen molar-refractivity contribution in [2.75, 3.05) is 27.2 Å². The van der Waals surface area contributed by atoms with Gasteiger partial charge in [0.15, 0.2) is 0 Å². The summed E-state index contributed by atoms with van der Waals surface area (Å²) >= 11 is 0. The maximum Gasteiger partial charge on any atom is 0.319 e. The van der Waals surface area contributed by atoms with E-state index in [1.807, 2.05) is 14.1 Å². The number of hydrogen-bond acceptors (Lipinski definition) is 2. The second kappa shape index (κ2) is 4.49. The monoisotopic (exact) mass is 182 g/mol. The summed E-state index contributed by atoms with van der Waals surface area (Å²) in [6.45, 7) is 1.74. The maximum absolute atomic E-state index is 10.8. The molecule has 2 heterocycles. The van der Waals surface area contributed by atoms with Gasteiger partial charge in [-0.2, -0.15) is 0 Å². The minimum atomic E-state index is 0.130. The number of likely N-dealkylation sites (N-methyl/N-ethyl adjacent to an activating group) is 2. The molecule has 13 heavy (non-hydrogen) atoms. The average Bonchev–Trinajstić information content (AvgIpc) is 2.75. The lowest BCUT2D eigenvalue weighted by Gasteiger charge is -2.07. The first-order valence-corrected chi connectivity index (χ1v) is 4.11. The third-order valence-electron chi connectivity index (χ3n) is 1.83.